The van der Waals surface area contributed by atoms with Gasteiger partial charge in [0.1, 0.15) is 9.21 Å². The van der Waals surface area contributed by atoms with Gasteiger partial charge in [0, 0.05) is 6.92 Å². The van der Waals surface area contributed by atoms with Crippen molar-refractivity contribution in [3.05, 3.63) is 44.9 Å². The van der Waals surface area contributed by atoms with Gasteiger partial charge >= 0.3 is 11.9 Å². The van der Waals surface area contributed by atoms with E-state index in [1.165, 1.54) is 6.92 Å². The molecular weight excluding hydrogens is 512 g/mol. The summed E-state index contributed by atoms with van der Waals surface area (Å²) in [5, 5.41) is 2.52. The summed E-state index contributed by atoms with van der Waals surface area (Å²) in [6.07, 6.45) is 0. The summed E-state index contributed by atoms with van der Waals surface area (Å²) in [4.78, 5) is 41.6. The zero-order chi connectivity index (χ0) is 22.0. The van der Waals surface area contributed by atoms with Crippen molar-refractivity contribution in [1.29, 1.82) is 0 Å². The average Bonchev–Trinajstić information content (AvgIpc) is 2.65. The van der Waals surface area contributed by atoms with E-state index in [0.717, 1.165) is 0 Å². The monoisotopic (exact) mass is 530 g/mol. The highest BCUT2D eigenvalue weighted by Crippen LogP contribution is 2.18. The maximum Gasteiger partial charge on any atom is 0.359 e. The number of hydrogen-bond donors (Lipinski definition) is 2. The van der Waals surface area contributed by atoms with E-state index in [1.807, 2.05) is 0 Å². The molecule has 0 fully saturated rings. The van der Waals surface area contributed by atoms with Crippen LogP contribution in [0.15, 0.2) is 33.5 Å². The quantitative estimate of drug-likeness (QED) is 0.441. The summed E-state index contributed by atoms with van der Waals surface area (Å²) < 4.78 is 10.7. The van der Waals surface area contributed by atoms with Gasteiger partial charge in [0.2, 0.25) is 5.91 Å². The van der Waals surface area contributed by atoms with E-state index >= 15 is 0 Å². The molecule has 3 N–H and O–H groups in total. The molecule has 0 saturated heterocycles. The Hall–Kier alpha value is -2.53. The molecule has 156 valence electrons. The first-order chi connectivity index (χ1) is 13.7. The fourth-order valence-corrected chi connectivity index (χ4v) is 2.51. The largest absolute Gasteiger partial charge is 0.461 e. The topological polar surface area (TPSA) is 134 Å². The van der Waals surface area contributed by atoms with Crippen molar-refractivity contribution in [3.8, 4) is 0 Å². The number of pyridine rings is 2. The molecule has 0 aliphatic rings. The number of nitrogens with one attached hydrogen (secondary N) is 1. The number of carbonyl (C=O) groups is 3. The second kappa shape index (κ2) is 12.1. The van der Waals surface area contributed by atoms with Crippen LogP contribution in [0.3, 0.4) is 0 Å². The molecule has 0 bridgehead atoms. The van der Waals surface area contributed by atoms with Gasteiger partial charge in [0.25, 0.3) is 0 Å². The summed E-state index contributed by atoms with van der Waals surface area (Å²) in [7, 11) is 0. The van der Waals surface area contributed by atoms with Gasteiger partial charge in [0.15, 0.2) is 11.4 Å². The van der Waals surface area contributed by atoms with E-state index in [-0.39, 0.29) is 23.9 Å². The molecule has 0 saturated carbocycles. The molecule has 0 atom stereocenters. The summed E-state index contributed by atoms with van der Waals surface area (Å²) in [6, 6.07) is 6.49. The summed E-state index contributed by atoms with van der Waals surface area (Å²) in [6.45, 7) is 5.36. The number of carbonyl (C=O) groups excluding carboxylic acids is 3. The van der Waals surface area contributed by atoms with Gasteiger partial charge in [0.05, 0.1) is 24.6 Å². The summed E-state index contributed by atoms with van der Waals surface area (Å²) in [5.41, 5.74) is 6.44. The third-order valence-corrected chi connectivity index (χ3v) is 3.89. The Balaban J connectivity index is 0.000000296. The SMILES string of the molecule is CCOC(=O)c1nc(Br)ccc1N.CCOC(=O)c1nc(Br)ccc1NC(C)=O. The number of nitrogens with two attached hydrogens (primary N) is 1. The molecular formula is C18H20Br2N4O5. The number of halogens is 2. The van der Waals surface area contributed by atoms with Gasteiger partial charge in [-0.25, -0.2) is 19.6 Å². The number of nitrogen functional groups attached to an aromatic ring is 1. The zero-order valence-corrected chi connectivity index (χ0v) is 19.2. The lowest BCUT2D eigenvalue weighted by molar-refractivity contribution is -0.114. The number of nitrogens with zero attached hydrogens (tertiary/aromatic N) is 2. The van der Waals surface area contributed by atoms with Crippen molar-refractivity contribution >= 4 is 61.1 Å². The van der Waals surface area contributed by atoms with Gasteiger partial charge in [-0.3, -0.25) is 4.79 Å². The second-order valence-electron chi connectivity index (χ2n) is 5.22. The first-order valence-electron chi connectivity index (χ1n) is 8.39. The van der Waals surface area contributed by atoms with Crippen LogP contribution in [-0.2, 0) is 14.3 Å². The van der Waals surface area contributed by atoms with Gasteiger partial charge in [-0.05, 0) is 70.0 Å². The minimum Gasteiger partial charge on any atom is -0.461 e. The molecule has 0 aliphatic heterocycles. The molecule has 0 aromatic carbocycles. The van der Waals surface area contributed by atoms with Gasteiger partial charge in [-0.1, -0.05) is 0 Å². The average molecular weight is 532 g/mol. The second-order valence-corrected chi connectivity index (χ2v) is 6.85. The van der Waals surface area contributed by atoms with Crippen molar-refractivity contribution in [1.82, 2.24) is 9.97 Å². The molecule has 29 heavy (non-hydrogen) atoms. The molecule has 2 heterocycles. The number of amides is 1. The molecule has 2 aromatic heterocycles. The highest BCUT2D eigenvalue weighted by atomic mass is 79.9. The maximum absolute atomic E-state index is 11.5. The minimum atomic E-state index is -0.562. The number of rotatable bonds is 5. The first kappa shape index (κ1) is 24.5. The van der Waals surface area contributed by atoms with Crippen molar-refractivity contribution < 1.29 is 23.9 Å². The smallest absolute Gasteiger partial charge is 0.359 e. The number of hydrogen-bond acceptors (Lipinski definition) is 8. The van der Waals surface area contributed by atoms with E-state index < -0.39 is 11.9 Å². The predicted molar refractivity (Wildman–Crippen MR) is 115 cm³/mol. The predicted octanol–water partition coefficient (Wildman–Crippen LogP) is 3.58. The third kappa shape index (κ3) is 8.16. The van der Waals surface area contributed by atoms with E-state index in [0.29, 0.717) is 27.2 Å². The molecule has 2 aromatic rings. The summed E-state index contributed by atoms with van der Waals surface area (Å²) >= 11 is 6.29. The maximum atomic E-state index is 11.5. The van der Waals surface area contributed by atoms with Crippen molar-refractivity contribution in [2.75, 3.05) is 24.3 Å². The standard InChI is InChI=1S/C10H11BrN2O3.C8H9BrN2O2/c1-3-16-10(15)9-7(12-6(2)14)4-5-8(11)13-9;1-2-13-8(12)7-5(10)3-4-6(9)11-7/h4-5H,3H2,1-2H3,(H,12,14);3-4H,2,10H2,1H3. The lowest BCUT2D eigenvalue weighted by Gasteiger charge is -2.08. The summed E-state index contributed by atoms with van der Waals surface area (Å²) in [5.74, 6) is -1.33. The van der Waals surface area contributed by atoms with Crippen molar-refractivity contribution in [2.24, 2.45) is 0 Å². The molecule has 0 unspecified atom stereocenters. The highest BCUT2D eigenvalue weighted by Gasteiger charge is 2.16. The van der Waals surface area contributed by atoms with E-state index in [9.17, 15) is 14.4 Å². The number of aromatic nitrogens is 2. The Morgan fingerprint density at radius 3 is 1.93 bits per heavy atom. The van der Waals surface area contributed by atoms with Crippen LogP contribution >= 0.6 is 31.9 Å². The van der Waals surface area contributed by atoms with Gasteiger partial charge in [-0.15, -0.1) is 0 Å². The third-order valence-electron chi connectivity index (χ3n) is 3.00. The molecule has 11 heteroatoms. The fourth-order valence-electron chi connectivity index (χ4n) is 1.89. The van der Waals surface area contributed by atoms with Crippen LogP contribution in [0.5, 0.6) is 0 Å². The normalized spacial score (nSPS) is 9.69. The van der Waals surface area contributed by atoms with Crippen LogP contribution in [0, 0.1) is 0 Å². The van der Waals surface area contributed by atoms with E-state index in [1.54, 1.807) is 38.1 Å². The van der Waals surface area contributed by atoms with Crippen LogP contribution in [0.4, 0.5) is 11.4 Å². The van der Waals surface area contributed by atoms with E-state index in [4.69, 9.17) is 15.2 Å². The Morgan fingerprint density at radius 1 is 0.931 bits per heavy atom. The molecule has 0 aliphatic carbocycles. The first-order valence-corrected chi connectivity index (χ1v) is 9.98. The Kier molecular flexibility index (Phi) is 10.2. The molecule has 0 spiro atoms. The molecule has 0 radical (unpaired) electrons. The number of ether oxygens (including phenoxy) is 2. The van der Waals surface area contributed by atoms with Crippen LogP contribution < -0.4 is 11.1 Å². The van der Waals surface area contributed by atoms with Gasteiger partial charge < -0.3 is 20.5 Å². The fraction of sp³-hybridized carbons (Fsp3) is 0.278. The zero-order valence-electron chi connectivity index (χ0n) is 16.0. The Morgan fingerprint density at radius 2 is 1.41 bits per heavy atom. The van der Waals surface area contributed by atoms with E-state index in [2.05, 4.69) is 47.1 Å². The Bertz CT molecular complexity index is 893. The highest BCUT2D eigenvalue weighted by molar-refractivity contribution is 9.10. The molecule has 1 amide bonds. The Labute approximate surface area is 184 Å². The minimum absolute atomic E-state index is 0.0893. The van der Waals surface area contributed by atoms with Crippen LogP contribution in [0.25, 0.3) is 0 Å². The van der Waals surface area contributed by atoms with Crippen molar-refractivity contribution in [3.63, 3.8) is 0 Å². The molecule has 9 nitrogen and oxygen atoms in total. The van der Waals surface area contributed by atoms with Crippen LogP contribution in [-0.4, -0.2) is 41.0 Å². The van der Waals surface area contributed by atoms with Crippen LogP contribution in [0.2, 0.25) is 0 Å². The van der Waals surface area contributed by atoms with Crippen molar-refractivity contribution in [2.45, 2.75) is 20.8 Å². The number of esters is 2. The van der Waals surface area contributed by atoms with Crippen LogP contribution in [0.1, 0.15) is 41.7 Å². The van der Waals surface area contributed by atoms with Gasteiger partial charge in [-0.2, -0.15) is 0 Å². The number of anilines is 2. The lowest BCUT2D eigenvalue weighted by atomic mass is 10.3. The molecule has 2 rings (SSSR count). The lowest BCUT2D eigenvalue weighted by Crippen LogP contribution is -2.14.